The number of hydrogen-bond donors (Lipinski definition) is 2. The Balaban J connectivity index is 2.13. The minimum absolute atomic E-state index is 0.157. The van der Waals surface area contributed by atoms with Crippen LogP contribution in [0.2, 0.25) is 0 Å². The molecule has 3 rings (SSSR count). The van der Waals surface area contributed by atoms with E-state index in [9.17, 15) is 23.1 Å². The summed E-state index contributed by atoms with van der Waals surface area (Å²) >= 11 is 0. The Kier molecular flexibility index (Phi) is 3.88. The zero-order valence-electron chi connectivity index (χ0n) is 12.7. The third-order valence-electron chi connectivity index (χ3n) is 4.55. The number of ketones is 1. The Hall–Kier alpha value is -2.33. The Labute approximate surface area is 136 Å². The normalized spacial score (nSPS) is 27.3. The zero-order chi connectivity index (χ0) is 17.5. The molecule has 0 saturated heterocycles. The lowest BCUT2D eigenvalue weighted by Gasteiger charge is -2.43. The van der Waals surface area contributed by atoms with Gasteiger partial charge in [-0.25, -0.2) is 0 Å². The van der Waals surface area contributed by atoms with Gasteiger partial charge in [0.1, 0.15) is 0 Å². The topological polar surface area (TPSA) is 73.1 Å². The molecule has 2 atom stereocenters. The quantitative estimate of drug-likeness (QED) is 0.827. The standard InChI is InChI=1S/C17H15F3N2O2/c18-17(19,20)16(24)8-12(11-4-1-3-10(7-11)9-21)15-13(22-16)5-2-6-14(15)23/h1,3-4,7,12,22,24H,2,5-6,8H2. The van der Waals surface area contributed by atoms with E-state index in [1.807, 2.05) is 6.07 Å². The van der Waals surface area contributed by atoms with E-state index in [-0.39, 0.29) is 24.3 Å². The molecule has 0 bridgehead atoms. The number of hydrogen-bond acceptors (Lipinski definition) is 4. The summed E-state index contributed by atoms with van der Waals surface area (Å²) in [5.74, 6) is -1.10. The number of nitrogens with one attached hydrogen (secondary N) is 1. The third kappa shape index (κ3) is 2.67. The molecule has 7 heteroatoms. The number of carbonyl (C=O) groups excluding carboxylic acids is 1. The van der Waals surface area contributed by atoms with Gasteiger partial charge in [0, 0.05) is 30.0 Å². The van der Waals surface area contributed by atoms with Crippen LogP contribution >= 0.6 is 0 Å². The van der Waals surface area contributed by atoms with Crippen LogP contribution in [-0.4, -0.2) is 22.8 Å². The summed E-state index contributed by atoms with van der Waals surface area (Å²) in [5.41, 5.74) is -1.90. The second-order valence-electron chi connectivity index (χ2n) is 6.15. The summed E-state index contributed by atoms with van der Waals surface area (Å²) in [6, 6.07) is 8.10. The molecule has 1 aromatic carbocycles. The van der Waals surface area contributed by atoms with E-state index in [0.717, 1.165) is 0 Å². The van der Waals surface area contributed by atoms with Gasteiger partial charge < -0.3 is 10.4 Å². The molecule has 1 aliphatic heterocycles. The average Bonchev–Trinajstić information content (AvgIpc) is 2.53. The molecule has 126 valence electrons. The third-order valence-corrected chi connectivity index (χ3v) is 4.55. The van der Waals surface area contributed by atoms with Crippen molar-refractivity contribution in [3.05, 3.63) is 46.7 Å². The minimum atomic E-state index is -4.88. The molecule has 2 unspecified atom stereocenters. The highest BCUT2D eigenvalue weighted by Gasteiger charge is 2.58. The van der Waals surface area contributed by atoms with E-state index in [1.54, 1.807) is 18.2 Å². The first kappa shape index (κ1) is 16.5. The van der Waals surface area contributed by atoms with Crippen molar-refractivity contribution in [3.63, 3.8) is 0 Å². The van der Waals surface area contributed by atoms with E-state index in [0.29, 0.717) is 23.1 Å². The fourth-order valence-corrected chi connectivity index (χ4v) is 3.39. The van der Waals surface area contributed by atoms with Crippen LogP contribution in [0.25, 0.3) is 0 Å². The molecule has 0 aromatic heterocycles. The number of alkyl halides is 3. The van der Waals surface area contributed by atoms with Crippen LogP contribution in [-0.2, 0) is 4.79 Å². The lowest BCUT2D eigenvalue weighted by atomic mass is 9.74. The van der Waals surface area contributed by atoms with Crippen molar-refractivity contribution in [2.75, 3.05) is 0 Å². The molecule has 0 radical (unpaired) electrons. The van der Waals surface area contributed by atoms with Crippen molar-refractivity contribution in [2.24, 2.45) is 0 Å². The first-order chi connectivity index (χ1) is 11.2. The summed E-state index contributed by atoms with van der Waals surface area (Å²) in [6.07, 6.45) is -4.57. The number of halogens is 3. The predicted octanol–water partition coefficient (Wildman–Crippen LogP) is 2.89. The number of Topliss-reactive ketones (excluding diaryl/α,β-unsaturated/α-hetero) is 1. The van der Waals surface area contributed by atoms with E-state index in [2.05, 4.69) is 5.32 Å². The number of nitriles is 1. The molecular weight excluding hydrogens is 321 g/mol. The van der Waals surface area contributed by atoms with Gasteiger partial charge in [0.25, 0.3) is 0 Å². The Morgan fingerprint density at radius 1 is 1.33 bits per heavy atom. The maximum Gasteiger partial charge on any atom is 0.436 e. The fraction of sp³-hybridized carbons (Fsp3) is 0.412. The van der Waals surface area contributed by atoms with Crippen molar-refractivity contribution >= 4 is 5.78 Å². The lowest BCUT2D eigenvalue weighted by Crippen LogP contribution is -2.60. The van der Waals surface area contributed by atoms with Gasteiger partial charge in [0.05, 0.1) is 11.6 Å². The Morgan fingerprint density at radius 3 is 2.75 bits per heavy atom. The molecule has 0 spiro atoms. The van der Waals surface area contributed by atoms with Gasteiger partial charge >= 0.3 is 6.18 Å². The summed E-state index contributed by atoms with van der Waals surface area (Å²) in [7, 11) is 0. The summed E-state index contributed by atoms with van der Waals surface area (Å²) in [6.45, 7) is 0. The van der Waals surface area contributed by atoms with Gasteiger partial charge in [0.15, 0.2) is 5.78 Å². The summed E-state index contributed by atoms with van der Waals surface area (Å²) < 4.78 is 40.0. The minimum Gasteiger partial charge on any atom is -0.364 e. The van der Waals surface area contributed by atoms with Crippen molar-refractivity contribution < 1.29 is 23.1 Å². The highest BCUT2D eigenvalue weighted by Crippen LogP contribution is 2.46. The predicted molar refractivity (Wildman–Crippen MR) is 78.5 cm³/mol. The molecule has 24 heavy (non-hydrogen) atoms. The average molecular weight is 336 g/mol. The molecular formula is C17H15F3N2O2. The van der Waals surface area contributed by atoms with Crippen molar-refractivity contribution in [1.82, 2.24) is 5.32 Å². The summed E-state index contributed by atoms with van der Waals surface area (Å²) in [5, 5.41) is 21.3. The smallest absolute Gasteiger partial charge is 0.364 e. The first-order valence-electron chi connectivity index (χ1n) is 7.59. The Morgan fingerprint density at radius 2 is 2.08 bits per heavy atom. The van der Waals surface area contributed by atoms with Gasteiger partial charge in [-0.15, -0.1) is 0 Å². The molecule has 0 amide bonds. The number of carbonyl (C=O) groups is 1. The van der Waals surface area contributed by atoms with Crippen LogP contribution in [0, 0.1) is 11.3 Å². The first-order valence-corrected chi connectivity index (χ1v) is 7.59. The number of benzene rings is 1. The van der Waals surface area contributed by atoms with Crippen LogP contribution in [0.4, 0.5) is 13.2 Å². The second-order valence-corrected chi connectivity index (χ2v) is 6.15. The monoisotopic (exact) mass is 336 g/mol. The molecule has 1 aromatic rings. The van der Waals surface area contributed by atoms with Crippen molar-refractivity contribution in [2.45, 2.75) is 43.5 Å². The maximum absolute atomic E-state index is 13.3. The van der Waals surface area contributed by atoms with Crippen LogP contribution in [0.3, 0.4) is 0 Å². The highest BCUT2D eigenvalue weighted by atomic mass is 19.4. The van der Waals surface area contributed by atoms with Crippen molar-refractivity contribution in [3.8, 4) is 6.07 Å². The van der Waals surface area contributed by atoms with E-state index >= 15 is 0 Å². The van der Waals surface area contributed by atoms with Crippen LogP contribution in [0.15, 0.2) is 35.5 Å². The molecule has 1 aliphatic carbocycles. The fourth-order valence-electron chi connectivity index (χ4n) is 3.39. The van der Waals surface area contributed by atoms with E-state index in [1.165, 1.54) is 6.07 Å². The van der Waals surface area contributed by atoms with Gasteiger partial charge in [-0.05, 0) is 30.5 Å². The number of nitrogens with zero attached hydrogens (tertiary/aromatic N) is 1. The number of rotatable bonds is 1. The van der Waals surface area contributed by atoms with Gasteiger partial charge in [-0.3, -0.25) is 4.79 Å². The van der Waals surface area contributed by atoms with Crippen molar-refractivity contribution in [1.29, 1.82) is 5.26 Å². The molecule has 0 fully saturated rings. The van der Waals surface area contributed by atoms with Gasteiger partial charge in [-0.2, -0.15) is 18.4 Å². The summed E-state index contributed by atoms with van der Waals surface area (Å²) in [4.78, 5) is 12.3. The van der Waals surface area contributed by atoms with Crippen LogP contribution in [0.5, 0.6) is 0 Å². The SMILES string of the molecule is N#Cc1cccc(C2CC(O)(C(F)(F)F)NC3=C2C(=O)CCC3)c1. The largest absolute Gasteiger partial charge is 0.436 e. The van der Waals surface area contributed by atoms with Gasteiger partial charge in [0.2, 0.25) is 5.72 Å². The number of aliphatic hydroxyl groups is 1. The van der Waals surface area contributed by atoms with E-state index in [4.69, 9.17) is 5.26 Å². The zero-order valence-corrected chi connectivity index (χ0v) is 12.7. The molecule has 2 N–H and O–H groups in total. The Bertz CT molecular complexity index is 764. The molecule has 1 heterocycles. The molecule has 4 nitrogen and oxygen atoms in total. The maximum atomic E-state index is 13.3. The molecule has 2 aliphatic rings. The van der Waals surface area contributed by atoms with Gasteiger partial charge in [-0.1, -0.05) is 12.1 Å². The van der Waals surface area contributed by atoms with E-state index < -0.39 is 24.2 Å². The number of allylic oxidation sites excluding steroid dienone is 2. The highest BCUT2D eigenvalue weighted by molar-refractivity contribution is 5.98. The molecule has 0 saturated carbocycles. The lowest BCUT2D eigenvalue weighted by molar-refractivity contribution is -0.275. The second kappa shape index (κ2) is 5.64. The van der Waals surface area contributed by atoms with Crippen LogP contribution in [0.1, 0.15) is 42.7 Å². The van der Waals surface area contributed by atoms with Crippen LogP contribution < -0.4 is 5.32 Å².